The molecule has 0 saturated carbocycles. The normalized spacial score (nSPS) is 32.7. The maximum atomic E-state index is 5.60. The molecule has 2 unspecified atom stereocenters. The van der Waals surface area contributed by atoms with Crippen molar-refractivity contribution in [1.29, 1.82) is 0 Å². The van der Waals surface area contributed by atoms with E-state index in [9.17, 15) is 0 Å². The zero-order valence-electron chi connectivity index (χ0n) is 12.2. The molecule has 0 aromatic heterocycles. The van der Waals surface area contributed by atoms with Crippen LogP contribution in [0.25, 0.3) is 0 Å². The molecule has 0 spiro atoms. The minimum absolute atomic E-state index is 0.757. The lowest BCUT2D eigenvalue weighted by molar-refractivity contribution is 0.0170. The van der Waals surface area contributed by atoms with Crippen molar-refractivity contribution in [3.8, 4) is 0 Å². The first-order valence-corrected chi connectivity index (χ1v) is 7.86. The predicted molar refractivity (Wildman–Crippen MR) is 75.9 cm³/mol. The van der Waals surface area contributed by atoms with Crippen molar-refractivity contribution in [2.24, 2.45) is 0 Å². The molecule has 1 N–H and O–H groups in total. The van der Waals surface area contributed by atoms with Crippen LogP contribution in [0.3, 0.4) is 0 Å². The summed E-state index contributed by atoms with van der Waals surface area (Å²) in [5.74, 6) is 0. The molecule has 2 fully saturated rings. The van der Waals surface area contributed by atoms with Gasteiger partial charge in [-0.05, 0) is 45.6 Å². The summed E-state index contributed by atoms with van der Waals surface area (Å²) in [6.07, 6.45) is 9.30. The second kappa shape index (κ2) is 7.46. The molecule has 0 aromatic rings. The average molecular weight is 254 g/mol. The summed E-state index contributed by atoms with van der Waals surface area (Å²) in [5, 5.41) is 3.49. The van der Waals surface area contributed by atoms with Crippen LogP contribution in [0.2, 0.25) is 0 Å². The monoisotopic (exact) mass is 254 g/mol. The molecule has 0 amide bonds. The van der Waals surface area contributed by atoms with Gasteiger partial charge in [0.15, 0.2) is 0 Å². The minimum atomic E-state index is 0.757. The van der Waals surface area contributed by atoms with E-state index >= 15 is 0 Å². The highest BCUT2D eigenvalue weighted by Crippen LogP contribution is 2.33. The van der Waals surface area contributed by atoms with Crippen molar-refractivity contribution < 1.29 is 4.74 Å². The maximum absolute atomic E-state index is 5.60. The topological polar surface area (TPSA) is 24.5 Å². The zero-order chi connectivity index (χ0) is 12.8. The molecule has 0 aromatic carbocycles. The standard InChI is InChI=1S/C15H30N2O/c1-3-9-18-10-5-8-17-14-6-4-7-15(17)12-13(11-14)16-2/h13-16H,3-12H2,1-2H3. The van der Waals surface area contributed by atoms with Gasteiger partial charge in [-0.1, -0.05) is 13.3 Å². The van der Waals surface area contributed by atoms with E-state index in [0.717, 1.165) is 37.8 Å². The molecule has 3 nitrogen and oxygen atoms in total. The van der Waals surface area contributed by atoms with E-state index < -0.39 is 0 Å². The number of fused-ring (bicyclic) bond motifs is 2. The van der Waals surface area contributed by atoms with Gasteiger partial charge in [0.2, 0.25) is 0 Å². The van der Waals surface area contributed by atoms with E-state index in [2.05, 4.69) is 24.2 Å². The Hall–Kier alpha value is -0.120. The second-order valence-electron chi connectivity index (χ2n) is 5.90. The Morgan fingerprint density at radius 3 is 2.50 bits per heavy atom. The molecular weight excluding hydrogens is 224 g/mol. The highest BCUT2D eigenvalue weighted by Gasteiger charge is 2.37. The summed E-state index contributed by atoms with van der Waals surface area (Å²) in [6, 6.07) is 2.43. The number of hydrogen-bond acceptors (Lipinski definition) is 3. The SMILES string of the molecule is CCCOCCCN1C2CCCC1CC(NC)C2. The number of nitrogens with zero attached hydrogens (tertiary/aromatic N) is 1. The zero-order valence-corrected chi connectivity index (χ0v) is 12.2. The molecule has 2 saturated heterocycles. The van der Waals surface area contributed by atoms with Crippen LogP contribution in [-0.2, 0) is 4.74 Å². The van der Waals surface area contributed by atoms with Crippen molar-refractivity contribution in [2.45, 2.75) is 70.0 Å². The van der Waals surface area contributed by atoms with E-state index in [1.807, 2.05) is 0 Å². The fourth-order valence-electron chi connectivity index (χ4n) is 3.67. The lowest BCUT2D eigenvalue weighted by Gasteiger charge is -2.49. The largest absolute Gasteiger partial charge is 0.381 e. The molecular formula is C15H30N2O. The molecule has 18 heavy (non-hydrogen) atoms. The summed E-state index contributed by atoms with van der Waals surface area (Å²) < 4.78 is 5.60. The molecule has 106 valence electrons. The van der Waals surface area contributed by atoms with Gasteiger partial charge < -0.3 is 10.1 Å². The van der Waals surface area contributed by atoms with Crippen molar-refractivity contribution in [3.05, 3.63) is 0 Å². The van der Waals surface area contributed by atoms with Crippen LogP contribution < -0.4 is 5.32 Å². The first-order valence-electron chi connectivity index (χ1n) is 7.86. The summed E-state index contributed by atoms with van der Waals surface area (Å²) in [5.41, 5.74) is 0. The van der Waals surface area contributed by atoms with E-state index in [-0.39, 0.29) is 0 Å². The van der Waals surface area contributed by atoms with Gasteiger partial charge >= 0.3 is 0 Å². The Morgan fingerprint density at radius 2 is 1.89 bits per heavy atom. The Morgan fingerprint density at radius 1 is 1.17 bits per heavy atom. The van der Waals surface area contributed by atoms with E-state index in [4.69, 9.17) is 4.74 Å². The lowest BCUT2D eigenvalue weighted by atomic mass is 9.81. The van der Waals surface area contributed by atoms with Gasteiger partial charge in [-0.15, -0.1) is 0 Å². The van der Waals surface area contributed by atoms with Crippen LogP contribution >= 0.6 is 0 Å². The van der Waals surface area contributed by atoms with Crippen LogP contribution in [0.1, 0.15) is 51.9 Å². The fourth-order valence-corrected chi connectivity index (χ4v) is 3.67. The van der Waals surface area contributed by atoms with Crippen LogP contribution in [0.15, 0.2) is 0 Å². The molecule has 2 rings (SSSR count). The number of nitrogens with one attached hydrogen (secondary N) is 1. The van der Waals surface area contributed by atoms with Crippen molar-refractivity contribution in [2.75, 3.05) is 26.8 Å². The summed E-state index contributed by atoms with van der Waals surface area (Å²) >= 11 is 0. The van der Waals surface area contributed by atoms with E-state index in [1.165, 1.54) is 45.1 Å². The third-order valence-corrected chi connectivity index (χ3v) is 4.59. The van der Waals surface area contributed by atoms with Crippen LogP contribution in [0.4, 0.5) is 0 Å². The molecule has 0 aliphatic carbocycles. The molecule has 2 aliphatic rings. The van der Waals surface area contributed by atoms with Gasteiger partial charge in [0.1, 0.15) is 0 Å². The quantitative estimate of drug-likeness (QED) is 0.706. The summed E-state index contributed by atoms with van der Waals surface area (Å²) in [6.45, 7) is 5.29. The Labute approximate surface area is 112 Å². The van der Waals surface area contributed by atoms with E-state index in [0.29, 0.717) is 0 Å². The number of hydrogen-bond donors (Lipinski definition) is 1. The Balaban J connectivity index is 1.74. The number of piperidine rings is 2. The van der Waals surface area contributed by atoms with Gasteiger partial charge in [-0.3, -0.25) is 4.90 Å². The van der Waals surface area contributed by atoms with Crippen molar-refractivity contribution in [1.82, 2.24) is 10.2 Å². The minimum Gasteiger partial charge on any atom is -0.381 e. The number of ether oxygens (including phenoxy) is 1. The van der Waals surface area contributed by atoms with Crippen molar-refractivity contribution >= 4 is 0 Å². The Kier molecular flexibility index (Phi) is 5.93. The predicted octanol–water partition coefficient (Wildman–Crippen LogP) is 2.41. The highest BCUT2D eigenvalue weighted by atomic mass is 16.5. The Bertz CT molecular complexity index is 221. The third kappa shape index (κ3) is 3.69. The van der Waals surface area contributed by atoms with Crippen LogP contribution in [-0.4, -0.2) is 49.8 Å². The van der Waals surface area contributed by atoms with Gasteiger partial charge in [0.05, 0.1) is 0 Å². The molecule has 2 atom stereocenters. The van der Waals surface area contributed by atoms with Gasteiger partial charge in [-0.25, -0.2) is 0 Å². The van der Waals surface area contributed by atoms with Gasteiger partial charge in [-0.2, -0.15) is 0 Å². The second-order valence-corrected chi connectivity index (χ2v) is 5.90. The summed E-state index contributed by atoms with van der Waals surface area (Å²) in [7, 11) is 2.12. The average Bonchev–Trinajstić information content (AvgIpc) is 2.37. The smallest absolute Gasteiger partial charge is 0.0478 e. The van der Waals surface area contributed by atoms with Crippen LogP contribution in [0.5, 0.6) is 0 Å². The molecule has 2 heterocycles. The highest BCUT2D eigenvalue weighted by molar-refractivity contribution is 4.94. The van der Waals surface area contributed by atoms with Crippen molar-refractivity contribution in [3.63, 3.8) is 0 Å². The fraction of sp³-hybridized carbons (Fsp3) is 1.00. The molecule has 3 heteroatoms. The summed E-state index contributed by atoms with van der Waals surface area (Å²) in [4.78, 5) is 2.78. The molecule has 2 aliphatic heterocycles. The van der Waals surface area contributed by atoms with E-state index in [1.54, 1.807) is 0 Å². The lowest BCUT2D eigenvalue weighted by Crippen LogP contribution is -2.56. The van der Waals surface area contributed by atoms with Gasteiger partial charge in [0.25, 0.3) is 0 Å². The number of rotatable bonds is 7. The maximum Gasteiger partial charge on any atom is 0.0478 e. The molecule has 0 radical (unpaired) electrons. The van der Waals surface area contributed by atoms with Crippen LogP contribution in [0, 0.1) is 0 Å². The third-order valence-electron chi connectivity index (χ3n) is 4.59. The molecule has 2 bridgehead atoms. The first-order chi connectivity index (χ1) is 8.85. The van der Waals surface area contributed by atoms with Gasteiger partial charge in [0, 0.05) is 37.9 Å². The first kappa shape index (κ1) is 14.3.